The third kappa shape index (κ3) is 4.00. The van der Waals surface area contributed by atoms with Crippen LogP contribution < -0.4 is 5.32 Å². The lowest BCUT2D eigenvalue weighted by molar-refractivity contribution is -0.137. The third-order valence-corrected chi connectivity index (χ3v) is 3.45. The van der Waals surface area contributed by atoms with Crippen LogP contribution in [0.15, 0.2) is 41.4 Å². The fraction of sp³-hybridized carbons (Fsp3) is 0.308. The van der Waals surface area contributed by atoms with Crippen molar-refractivity contribution in [3.05, 3.63) is 47.0 Å². The molecule has 20 heavy (non-hydrogen) atoms. The van der Waals surface area contributed by atoms with Crippen molar-refractivity contribution >= 4 is 21.6 Å². The number of anilines is 1. The molecule has 1 aromatic heterocycles. The van der Waals surface area contributed by atoms with Gasteiger partial charge in [0.15, 0.2) is 0 Å². The molecular formula is C13H13BrF3N3. The molecule has 0 amide bonds. The molecule has 108 valence electrons. The van der Waals surface area contributed by atoms with Gasteiger partial charge in [0.25, 0.3) is 0 Å². The zero-order chi connectivity index (χ0) is 14.6. The lowest BCUT2D eigenvalue weighted by Gasteiger charge is -2.12. The van der Waals surface area contributed by atoms with Crippen molar-refractivity contribution < 1.29 is 13.2 Å². The van der Waals surface area contributed by atoms with Crippen molar-refractivity contribution in [1.82, 2.24) is 9.55 Å². The first-order valence-electron chi connectivity index (χ1n) is 6.03. The van der Waals surface area contributed by atoms with E-state index in [0.717, 1.165) is 25.1 Å². The molecule has 1 N–H and O–H groups in total. The summed E-state index contributed by atoms with van der Waals surface area (Å²) in [5.74, 6) is 0. The second-order valence-corrected chi connectivity index (χ2v) is 5.13. The average molecular weight is 348 g/mol. The molecule has 0 saturated heterocycles. The van der Waals surface area contributed by atoms with E-state index in [2.05, 4.69) is 26.2 Å². The molecular weight excluding hydrogens is 335 g/mol. The first kappa shape index (κ1) is 14.9. The molecule has 0 unspecified atom stereocenters. The maximum absolute atomic E-state index is 12.6. The van der Waals surface area contributed by atoms with Gasteiger partial charge in [0.05, 0.1) is 11.9 Å². The Labute approximate surface area is 123 Å². The highest BCUT2D eigenvalue weighted by atomic mass is 79.9. The highest BCUT2D eigenvalue weighted by Gasteiger charge is 2.30. The Balaban J connectivity index is 1.91. The molecule has 2 rings (SSSR count). The minimum atomic E-state index is -4.33. The van der Waals surface area contributed by atoms with Gasteiger partial charge in [0.2, 0.25) is 0 Å². The van der Waals surface area contributed by atoms with Crippen molar-refractivity contribution in [3.63, 3.8) is 0 Å². The number of alkyl halides is 3. The minimum absolute atomic E-state index is 0.449. The number of aryl methyl sites for hydroxylation is 1. The largest absolute Gasteiger partial charge is 0.416 e. The first-order chi connectivity index (χ1) is 9.47. The van der Waals surface area contributed by atoms with Crippen molar-refractivity contribution in [2.45, 2.75) is 19.1 Å². The molecule has 0 bridgehead atoms. The van der Waals surface area contributed by atoms with Gasteiger partial charge in [-0.1, -0.05) is 0 Å². The van der Waals surface area contributed by atoms with E-state index >= 15 is 0 Å². The second-order valence-electron chi connectivity index (χ2n) is 4.27. The zero-order valence-electron chi connectivity index (χ0n) is 10.5. The number of aromatic nitrogens is 2. The van der Waals surface area contributed by atoms with Gasteiger partial charge in [-0.15, -0.1) is 0 Å². The van der Waals surface area contributed by atoms with Gasteiger partial charge in [-0.3, -0.25) is 0 Å². The van der Waals surface area contributed by atoms with Crippen LogP contribution in [0.2, 0.25) is 0 Å². The van der Waals surface area contributed by atoms with E-state index in [1.165, 1.54) is 6.07 Å². The molecule has 0 aliphatic rings. The maximum Gasteiger partial charge on any atom is 0.416 e. The molecule has 0 aliphatic carbocycles. The van der Waals surface area contributed by atoms with Crippen LogP contribution in [0, 0.1) is 0 Å². The first-order valence-corrected chi connectivity index (χ1v) is 6.82. The van der Waals surface area contributed by atoms with Crippen LogP contribution in [-0.2, 0) is 12.7 Å². The summed E-state index contributed by atoms with van der Waals surface area (Å²) in [7, 11) is 0. The standard InChI is InChI=1S/C13H13BrF3N3/c14-11-3-2-10(13(15,16)17)8-12(11)19-4-1-6-20-7-5-18-9-20/h2-3,5,7-9,19H,1,4,6H2. The molecule has 3 nitrogen and oxygen atoms in total. The van der Waals surface area contributed by atoms with Crippen LogP contribution in [0.5, 0.6) is 0 Å². The van der Waals surface area contributed by atoms with Gasteiger partial charge in [-0.25, -0.2) is 4.98 Å². The van der Waals surface area contributed by atoms with Gasteiger partial charge in [-0.05, 0) is 40.5 Å². The summed E-state index contributed by atoms with van der Waals surface area (Å²) in [5.41, 5.74) is -0.205. The van der Waals surface area contributed by atoms with Crippen LogP contribution in [-0.4, -0.2) is 16.1 Å². The Morgan fingerprint density at radius 1 is 1.30 bits per heavy atom. The van der Waals surface area contributed by atoms with E-state index in [1.807, 2.05) is 10.8 Å². The summed E-state index contributed by atoms with van der Waals surface area (Å²) in [6.07, 6.45) is 1.71. The Morgan fingerprint density at radius 3 is 2.75 bits per heavy atom. The molecule has 2 aromatic rings. The van der Waals surface area contributed by atoms with Crippen LogP contribution in [0.25, 0.3) is 0 Å². The van der Waals surface area contributed by atoms with Crippen molar-refractivity contribution in [2.75, 3.05) is 11.9 Å². The van der Waals surface area contributed by atoms with Gasteiger partial charge in [-0.2, -0.15) is 13.2 Å². The zero-order valence-corrected chi connectivity index (χ0v) is 12.1. The van der Waals surface area contributed by atoms with E-state index in [0.29, 0.717) is 16.7 Å². The fourth-order valence-electron chi connectivity index (χ4n) is 1.74. The quantitative estimate of drug-likeness (QED) is 0.822. The molecule has 0 fully saturated rings. The molecule has 0 saturated carbocycles. The number of halogens is 4. The van der Waals surface area contributed by atoms with Gasteiger partial charge < -0.3 is 9.88 Å². The smallest absolute Gasteiger partial charge is 0.384 e. The highest BCUT2D eigenvalue weighted by molar-refractivity contribution is 9.10. The summed E-state index contributed by atoms with van der Waals surface area (Å²) >= 11 is 3.24. The molecule has 0 radical (unpaired) electrons. The Hall–Kier alpha value is -1.50. The normalized spacial score (nSPS) is 11.6. The predicted molar refractivity (Wildman–Crippen MR) is 74.5 cm³/mol. The van der Waals surface area contributed by atoms with Crippen LogP contribution in [0.3, 0.4) is 0 Å². The molecule has 0 aliphatic heterocycles. The fourth-order valence-corrected chi connectivity index (χ4v) is 2.13. The van der Waals surface area contributed by atoms with Crippen molar-refractivity contribution in [3.8, 4) is 0 Å². The Morgan fingerprint density at radius 2 is 2.10 bits per heavy atom. The van der Waals surface area contributed by atoms with E-state index in [-0.39, 0.29) is 0 Å². The second kappa shape index (κ2) is 6.30. The number of nitrogens with one attached hydrogen (secondary N) is 1. The molecule has 1 aromatic carbocycles. The molecule has 0 spiro atoms. The molecule has 7 heteroatoms. The predicted octanol–water partition coefficient (Wildman–Crippen LogP) is 4.17. The Kier molecular flexibility index (Phi) is 4.69. The van der Waals surface area contributed by atoms with Gasteiger partial charge >= 0.3 is 6.18 Å². The van der Waals surface area contributed by atoms with E-state index in [1.54, 1.807) is 12.5 Å². The van der Waals surface area contributed by atoms with Crippen molar-refractivity contribution in [2.24, 2.45) is 0 Å². The number of imidazole rings is 1. The average Bonchev–Trinajstić information content (AvgIpc) is 2.88. The summed E-state index contributed by atoms with van der Waals surface area (Å²) < 4.78 is 40.4. The van der Waals surface area contributed by atoms with E-state index < -0.39 is 11.7 Å². The Bertz CT molecular complexity index is 552. The van der Waals surface area contributed by atoms with Crippen LogP contribution in [0.4, 0.5) is 18.9 Å². The minimum Gasteiger partial charge on any atom is -0.384 e. The number of rotatable bonds is 5. The van der Waals surface area contributed by atoms with Crippen molar-refractivity contribution in [1.29, 1.82) is 0 Å². The van der Waals surface area contributed by atoms with Crippen LogP contribution >= 0.6 is 15.9 Å². The molecule has 1 heterocycles. The number of hydrogen-bond donors (Lipinski definition) is 1. The van der Waals surface area contributed by atoms with E-state index in [4.69, 9.17) is 0 Å². The SMILES string of the molecule is FC(F)(F)c1ccc(Br)c(NCCCn2ccnc2)c1. The summed E-state index contributed by atoms with van der Waals surface area (Å²) in [5, 5.41) is 3.01. The summed E-state index contributed by atoms with van der Waals surface area (Å²) in [6, 6.07) is 3.57. The number of hydrogen-bond acceptors (Lipinski definition) is 2. The lowest BCUT2D eigenvalue weighted by Crippen LogP contribution is -2.09. The number of nitrogens with zero attached hydrogens (tertiary/aromatic N) is 2. The monoisotopic (exact) mass is 347 g/mol. The topological polar surface area (TPSA) is 29.9 Å². The summed E-state index contributed by atoms with van der Waals surface area (Å²) in [4.78, 5) is 3.92. The number of benzene rings is 1. The maximum atomic E-state index is 12.6. The highest BCUT2D eigenvalue weighted by Crippen LogP contribution is 2.33. The van der Waals surface area contributed by atoms with Crippen LogP contribution in [0.1, 0.15) is 12.0 Å². The van der Waals surface area contributed by atoms with Gasteiger partial charge in [0, 0.05) is 35.6 Å². The molecule has 0 atom stereocenters. The van der Waals surface area contributed by atoms with Gasteiger partial charge in [0.1, 0.15) is 0 Å². The van der Waals surface area contributed by atoms with E-state index in [9.17, 15) is 13.2 Å². The third-order valence-electron chi connectivity index (χ3n) is 2.76. The lowest BCUT2D eigenvalue weighted by atomic mass is 10.2. The summed E-state index contributed by atoms with van der Waals surface area (Å²) in [6.45, 7) is 1.35.